The van der Waals surface area contributed by atoms with E-state index in [9.17, 15) is 25.0 Å². The lowest BCUT2D eigenvalue weighted by Gasteiger charge is -2.26. The van der Waals surface area contributed by atoms with E-state index in [4.69, 9.17) is 0 Å². The van der Waals surface area contributed by atoms with Gasteiger partial charge in [0.05, 0.1) is 9.85 Å². The van der Waals surface area contributed by atoms with Gasteiger partial charge in [0.1, 0.15) is 0 Å². The molecule has 0 aliphatic heterocycles. The maximum atomic E-state index is 13.9. The Morgan fingerprint density at radius 3 is 1.38 bits per heavy atom. The second-order valence-electron chi connectivity index (χ2n) is 8.99. The van der Waals surface area contributed by atoms with Crippen LogP contribution in [-0.2, 0) is 0 Å². The first-order valence-electron chi connectivity index (χ1n) is 11.6. The van der Waals surface area contributed by atoms with E-state index in [0.29, 0.717) is 22.3 Å². The lowest BCUT2D eigenvalue weighted by atomic mass is 9.77. The highest BCUT2D eigenvalue weighted by Crippen LogP contribution is 2.43. The van der Waals surface area contributed by atoms with Crippen molar-refractivity contribution in [3.05, 3.63) is 78.9 Å². The summed E-state index contributed by atoms with van der Waals surface area (Å²) in [7, 11) is 0. The van der Waals surface area contributed by atoms with Gasteiger partial charge in [-0.05, 0) is 37.5 Å². The Kier molecular flexibility index (Phi) is 6.63. The van der Waals surface area contributed by atoms with E-state index in [1.165, 1.54) is 12.1 Å². The highest BCUT2D eigenvalue weighted by Gasteiger charge is 2.33. The number of carbonyl (C=O) groups excluding carboxylic acids is 1. The fourth-order valence-electron chi connectivity index (χ4n) is 5.61. The van der Waals surface area contributed by atoms with Gasteiger partial charge < -0.3 is 0 Å². The monoisotopic (exact) mass is 436 g/mol. The molecule has 0 spiro atoms. The summed E-state index contributed by atoms with van der Waals surface area (Å²) in [5.41, 5.74) is 1.61. The third-order valence-electron chi connectivity index (χ3n) is 7.08. The zero-order valence-corrected chi connectivity index (χ0v) is 18.1. The maximum absolute atomic E-state index is 13.9. The molecule has 0 atom stereocenters. The van der Waals surface area contributed by atoms with Crippen molar-refractivity contribution >= 4 is 17.2 Å². The van der Waals surface area contributed by atoms with Crippen LogP contribution in [0.15, 0.2) is 36.4 Å². The van der Waals surface area contributed by atoms with Gasteiger partial charge >= 0.3 is 0 Å². The number of hydrogen-bond donors (Lipinski definition) is 0. The van der Waals surface area contributed by atoms with Crippen LogP contribution in [0.25, 0.3) is 0 Å². The Labute approximate surface area is 187 Å². The molecule has 0 saturated heterocycles. The fourth-order valence-corrected chi connectivity index (χ4v) is 5.61. The number of nitrogens with zero attached hydrogens (tertiary/aromatic N) is 2. The molecule has 2 aromatic carbocycles. The molecule has 2 aliphatic carbocycles. The van der Waals surface area contributed by atoms with Crippen molar-refractivity contribution in [1.82, 2.24) is 0 Å². The summed E-state index contributed by atoms with van der Waals surface area (Å²) < 4.78 is 0. The molecule has 2 fully saturated rings. The zero-order chi connectivity index (χ0) is 22.7. The summed E-state index contributed by atoms with van der Waals surface area (Å²) in [4.78, 5) is 36.7. The number of benzene rings is 2. The van der Waals surface area contributed by atoms with Crippen molar-refractivity contribution in [2.45, 2.75) is 76.0 Å². The van der Waals surface area contributed by atoms with Crippen LogP contribution in [-0.4, -0.2) is 15.6 Å². The van der Waals surface area contributed by atoms with Crippen LogP contribution < -0.4 is 0 Å². The van der Waals surface area contributed by atoms with Gasteiger partial charge in [-0.2, -0.15) is 0 Å². The Morgan fingerprint density at radius 2 is 1.03 bits per heavy atom. The van der Waals surface area contributed by atoms with Crippen LogP contribution in [0.3, 0.4) is 0 Å². The number of nitro groups is 2. The van der Waals surface area contributed by atoms with E-state index in [2.05, 4.69) is 0 Å². The van der Waals surface area contributed by atoms with Crippen LogP contribution in [0.2, 0.25) is 0 Å². The number of rotatable bonds is 6. The molecule has 0 N–H and O–H groups in total. The molecule has 0 aromatic heterocycles. The second-order valence-corrected chi connectivity index (χ2v) is 8.99. The highest BCUT2D eigenvalue weighted by atomic mass is 16.6. The molecule has 2 aliphatic rings. The standard InChI is InChI=1S/C25H28N2O5/c28-25(19-13-7-15-21(26(29)30)23(19)17-9-3-1-4-10-17)20-14-8-16-22(27(31)32)24(20)18-11-5-2-6-12-18/h7-8,13-18H,1-6,9-12H2. The average Bonchev–Trinajstić information content (AvgIpc) is 2.83. The minimum absolute atomic E-state index is 0.0209. The van der Waals surface area contributed by atoms with Crippen molar-refractivity contribution in [3.8, 4) is 0 Å². The van der Waals surface area contributed by atoms with Crippen LogP contribution >= 0.6 is 0 Å². The summed E-state index contributed by atoms with van der Waals surface area (Å²) in [6.07, 6.45) is 9.37. The van der Waals surface area contributed by atoms with Crippen molar-refractivity contribution in [2.24, 2.45) is 0 Å². The molecule has 0 unspecified atom stereocenters. The van der Waals surface area contributed by atoms with E-state index in [-0.39, 0.29) is 29.0 Å². The molecule has 7 heteroatoms. The SMILES string of the molecule is O=C(c1cccc([N+](=O)[O-])c1C1CCCCC1)c1cccc([N+](=O)[O-])c1C1CCCCC1. The van der Waals surface area contributed by atoms with Gasteiger partial charge in [-0.1, -0.05) is 62.8 Å². The van der Waals surface area contributed by atoms with Gasteiger partial charge in [-0.25, -0.2) is 0 Å². The quantitative estimate of drug-likeness (QED) is 0.280. The zero-order valence-electron chi connectivity index (χ0n) is 18.1. The summed E-state index contributed by atoms with van der Waals surface area (Å²) in [5.74, 6) is -0.416. The molecule has 0 heterocycles. The van der Waals surface area contributed by atoms with Crippen LogP contribution in [0, 0.1) is 20.2 Å². The van der Waals surface area contributed by atoms with Gasteiger partial charge in [-0.15, -0.1) is 0 Å². The number of ketones is 1. The van der Waals surface area contributed by atoms with E-state index < -0.39 is 9.85 Å². The summed E-state index contributed by atoms with van der Waals surface area (Å²) in [5, 5.41) is 23.7. The Bertz CT molecular complexity index is 955. The number of carbonyl (C=O) groups is 1. The smallest absolute Gasteiger partial charge is 0.273 e. The largest absolute Gasteiger partial charge is 0.289 e. The predicted octanol–water partition coefficient (Wildman–Crippen LogP) is 6.83. The Morgan fingerprint density at radius 1 is 0.656 bits per heavy atom. The topological polar surface area (TPSA) is 103 Å². The molecule has 7 nitrogen and oxygen atoms in total. The average molecular weight is 437 g/mol. The van der Waals surface area contributed by atoms with Crippen LogP contribution in [0.4, 0.5) is 11.4 Å². The minimum Gasteiger partial charge on any atom is -0.289 e. The molecule has 4 rings (SSSR count). The van der Waals surface area contributed by atoms with Crippen molar-refractivity contribution in [3.63, 3.8) is 0 Å². The number of hydrogen-bond acceptors (Lipinski definition) is 5. The Hall–Kier alpha value is -3.09. The van der Waals surface area contributed by atoms with Crippen molar-refractivity contribution in [2.75, 3.05) is 0 Å². The molecule has 168 valence electrons. The fraction of sp³-hybridized carbons (Fsp3) is 0.480. The van der Waals surface area contributed by atoms with Crippen LogP contribution in [0.5, 0.6) is 0 Å². The maximum Gasteiger partial charge on any atom is 0.273 e. The lowest BCUT2D eigenvalue weighted by Crippen LogP contribution is -2.17. The summed E-state index contributed by atoms with van der Waals surface area (Å²) >= 11 is 0. The molecular weight excluding hydrogens is 408 g/mol. The highest BCUT2D eigenvalue weighted by molar-refractivity contribution is 6.12. The first kappa shape index (κ1) is 22.1. The van der Waals surface area contributed by atoms with Crippen LogP contribution in [0.1, 0.15) is 103 Å². The van der Waals surface area contributed by atoms with E-state index in [0.717, 1.165) is 64.2 Å². The minimum atomic E-state index is -0.407. The van der Waals surface area contributed by atoms with E-state index >= 15 is 0 Å². The van der Waals surface area contributed by atoms with Gasteiger partial charge in [-0.3, -0.25) is 25.0 Å². The summed E-state index contributed by atoms with van der Waals surface area (Å²) in [6.45, 7) is 0. The van der Waals surface area contributed by atoms with Gasteiger partial charge in [0, 0.05) is 34.4 Å². The van der Waals surface area contributed by atoms with Gasteiger partial charge in [0.2, 0.25) is 0 Å². The molecule has 32 heavy (non-hydrogen) atoms. The van der Waals surface area contributed by atoms with Crippen molar-refractivity contribution < 1.29 is 14.6 Å². The van der Waals surface area contributed by atoms with Crippen molar-refractivity contribution in [1.29, 1.82) is 0 Å². The first-order valence-corrected chi connectivity index (χ1v) is 11.6. The number of nitro benzene ring substituents is 2. The van der Waals surface area contributed by atoms with E-state index in [1.54, 1.807) is 24.3 Å². The first-order chi connectivity index (χ1) is 15.5. The summed E-state index contributed by atoms with van der Waals surface area (Å²) in [6, 6.07) is 9.35. The third-order valence-corrected chi connectivity index (χ3v) is 7.08. The normalized spacial score (nSPS) is 17.8. The molecule has 0 radical (unpaired) electrons. The molecule has 0 bridgehead atoms. The molecule has 2 aromatic rings. The molecule has 0 amide bonds. The third kappa shape index (κ3) is 4.29. The second kappa shape index (κ2) is 9.59. The Balaban J connectivity index is 1.87. The predicted molar refractivity (Wildman–Crippen MR) is 121 cm³/mol. The molecule has 2 saturated carbocycles. The van der Waals surface area contributed by atoms with Gasteiger partial charge in [0.25, 0.3) is 11.4 Å². The van der Waals surface area contributed by atoms with Gasteiger partial charge in [0.15, 0.2) is 5.78 Å². The molecular formula is C25H28N2O5. The lowest BCUT2D eigenvalue weighted by molar-refractivity contribution is -0.385. The van der Waals surface area contributed by atoms with E-state index in [1.807, 2.05) is 0 Å².